The minimum Gasteiger partial charge on any atom is -0.374 e. The highest BCUT2D eigenvalue weighted by atomic mass is 16.2. The van der Waals surface area contributed by atoms with Crippen LogP contribution in [-0.2, 0) is 11.2 Å². The average molecular weight is 268 g/mol. The van der Waals surface area contributed by atoms with Crippen LogP contribution in [0.25, 0.3) is 0 Å². The fraction of sp³-hybridized carbons (Fsp3) is 0.235. The first-order valence-corrected chi connectivity index (χ1v) is 6.90. The summed E-state index contributed by atoms with van der Waals surface area (Å²) in [7, 11) is 0. The Bertz CT molecular complexity index is 549. The van der Waals surface area contributed by atoms with Gasteiger partial charge in [-0.25, -0.2) is 0 Å². The van der Waals surface area contributed by atoms with Gasteiger partial charge in [-0.3, -0.25) is 4.79 Å². The van der Waals surface area contributed by atoms with Crippen LogP contribution in [-0.4, -0.2) is 11.9 Å². The largest absolute Gasteiger partial charge is 0.374 e. The first-order valence-electron chi connectivity index (χ1n) is 6.90. The van der Waals surface area contributed by atoms with Crippen molar-refractivity contribution in [2.24, 2.45) is 0 Å². The van der Waals surface area contributed by atoms with Gasteiger partial charge in [-0.1, -0.05) is 37.3 Å². The van der Waals surface area contributed by atoms with Crippen LogP contribution in [0.1, 0.15) is 19.4 Å². The highest BCUT2D eigenvalue weighted by Crippen LogP contribution is 2.12. The number of hydrogen-bond acceptors (Lipinski definition) is 2. The quantitative estimate of drug-likeness (QED) is 0.868. The number of carbonyl (C=O) groups is 1. The van der Waals surface area contributed by atoms with Gasteiger partial charge in [0, 0.05) is 11.4 Å². The van der Waals surface area contributed by atoms with Gasteiger partial charge in [0.05, 0.1) is 0 Å². The SMILES string of the molecule is CCc1ccc(N[C@@H](C)C(=O)Nc2ccccc2)cc1. The number of para-hydroxylation sites is 1. The smallest absolute Gasteiger partial charge is 0.246 e. The van der Waals surface area contributed by atoms with E-state index in [2.05, 4.69) is 29.7 Å². The molecule has 0 saturated carbocycles. The third-order valence-corrected chi connectivity index (χ3v) is 3.18. The fourth-order valence-corrected chi connectivity index (χ4v) is 1.92. The second-order valence-electron chi connectivity index (χ2n) is 4.77. The van der Waals surface area contributed by atoms with Gasteiger partial charge in [0.25, 0.3) is 0 Å². The molecule has 0 spiro atoms. The summed E-state index contributed by atoms with van der Waals surface area (Å²) in [6.07, 6.45) is 1.02. The molecule has 0 unspecified atom stereocenters. The Balaban J connectivity index is 1.93. The van der Waals surface area contributed by atoms with Gasteiger partial charge in [0.1, 0.15) is 6.04 Å². The maximum Gasteiger partial charge on any atom is 0.246 e. The number of aryl methyl sites for hydroxylation is 1. The van der Waals surface area contributed by atoms with Gasteiger partial charge < -0.3 is 10.6 Å². The number of carbonyl (C=O) groups excluding carboxylic acids is 1. The summed E-state index contributed by atoms with van der Waals surface area (Å²) < 4.78 is 0. The van der Waals surface area contributed by atoms with Crippen molar-refractivity contribution in [3.8, 4) is 0 Å². The van der Waals surface area contributed by atoms with Gasteiger partial charge >= 0.3 is 0 Å². The van der Waals surface area contributed by atoms with Crippen molar-refractivity contribution in [1.29, 1.82) is 0 Å². The first-order chi connectivity index (χ1) is 9.69. The van der Waals surface area contributed by atoms with Crippen molar-refractivity contribution in [3.05, 3.63) is 60.2 Å². The maximum atomic E-state index is 12.1. The second kappa shape index (κ2) is 6.75. The van der Waals surface area contributed by atoms with Gasteiger partial charge in [-0.15, -0.1) is 0 Å². The fourth-order valence-electron chi connectivity index (χ4n) is 1.92. The first kappa shape index (κ1) is 14.1. The summed E-state index contributed by atoms with van der Waals surface area (Å²) in [6, 6.07) is 17.3. The van der Waals surface area contributed by atoms with Crippen molar-refractivity contribution in [1.82, 2.24) is 0 Å². The molecule has 2 aromatic carbocycles. The normalized spacial score (nSPS) is 11.7. The number of anilines is 2. The number of nitrogens with one attached hydrogen (secondary N) is 2. The zero-order chi connectivity index (χ0) is 14.4. The van der Waals surface area contributed by atoms with Crippen LogP contribution < -0.4 is 10.6 Å². The molecule has 0 aromatic heterocycles. The number of benzene rings is 2. The van der Waals surface area contributed by atoms with Crippen LogP contribution >= 0.6 is 0 Å². The molecule has 0 radical (unpaired) electrons. The minimum absolute atomic E-state index is 0.0456. The monoisotopic (exact) mass is 268 g/mol. The molecular formula is C17H20N2O. The maximum absolute atomic E-state index is 12.1. The molecule has 2 N–H and O–H groups in total. The van der Waals surface area contributed by atoms with E-state index in [1.165, 1.54) is 5.56 Å². The molecule has 20 heavy (non-hydrogen) atoms. The van der Waals surface area contributed by atoms with Crippen LogP contribution in [0.5, 0.6) is 0 Å². The van der Waals surface area contributed by atoms with E-state index >= 15 is 0 Å². The molecule has 0 heterocycles. The van der Waals surface area contributed by atoms with E-state index < -0.39 is 0 Å². The Labute approximate surface area is 120 Å². The van der Waals surface area contributed by atoms with E-state index in [9.17, 15) is 4.79 Å². The molecule has 0 aliphatic carbocycles. The Morgan fingerprint density at radius 2 is 1.65 bits per heavy atom. The molecule has 0 aliphatic rings. The van der Waals surface area contributed by atoms with Crippen LogP contribution in [0, 0.1) is 0 Å². The molecule has 2 rings (SSSR count). The molecule has 0 aliphatic heterocycles. The van der Waals surface area contributed by atoms with Crippen molar-refractivity contribution < 1.29 is 4.79 Å². The van der Waals surface area contributed by atoms with Crippen LogP contribution in [0.15, 0.2) is 54.6 Å². The van der Waals surface area contributed by atoms with E-state index in [1.807, 2.05) is 49.4 Å². The molecule has 3 heteroatoms. The van der Waals surface area contributed by atoms with E-state index in [-0.39, 0.29) is 11.9 Å². The summed E-state index contributed by atoms with van der Waals surface area (Å²) in [6.45, 7) is 3.98. The molecule has 1 amide bonds. The molecule has 0 bridgehead atoms. The average Bonchev–Trinajstić information content (AvgIpc) is 2.49. The highest BCUT2D eigenvalue weighted by molar-refractivity contribution is 5.96. The third-order valence-electron chi connectivity index (χ3n) is 3.18. The van der Waals surface area contributed by atoms with Gasteiger partial charge in [-0.2, -0.15) is 0 Å². The van der Waals surface area contributed by atoms with Gasteiger partial charge in [0.2, 0.25) is 5.91 Å². The van der Waals surface area contributed by atoms with Crippen LogP contribution in [0.4, 0.5) is 11.4 Å². The van der Waals surface area contributed by atoms with Crippen molar-refractivity contribution >= 4 is 17.3 Å². The predicted molar refractivity (Wildman–Crippen MR) is 84.0 cm³/mol. The molecule has 2 aromatic rings. The van der Waals surface area contributed by atoms with E-state index in [0.717, 1.165) is 17.8 Å². The minimum atomic E-state index is -0.289. The zero-order valence-electron chi connectivity index (χ0n) is 11.9. The van der Waals surface area contributed by atoms with Crippen molar-refractivity contribution in [2.75, 3.05) is 10.6 Å². The molecule has 0 saturated heterocycles. The Morgan fingerprint density at radius 3 is 2.25 bits per heavy atom. The number of hydrogen-bond donors (Lipinski definition) is 2. The molecule has 3 nitrogen and oxygen atoms in total. The summed E-state index contributed by atoms with van der Waals surface area (Å²) in [4.78, 5) is 12.1. The summed E-state index contributed by atoms with van der Waals surface area (Å²) in [5.74, 6) is -0.0456. The lowest BCUT2D eigenvalue weighted by Gasteiger charge is -2.15. The Kier molecular flexibility index (Phi) is 4.77. The second-order valence-corrected chi connectivity index (χ2v) is 4.77. The van der Waals surface area contributed by atoms with E-state index in [4.69, 9.17) is 0 Å². The summed E-state index contributed by atoms with van der Waals surface area (Å²) in [5, 5.41) is 6.08. The van der Waals surface area contributed by atoms with Crippen molar-refractivity contribution in [2.45, 2.75) is 26.3 Å². The topological polar surface area (TPSA) is 41.1 Å². The summed E-state index contributed by atoms with van der Waals surface area (Å²) >= 11 is 0. The molecule has 1 atom stereocenters. The van der Waals surface area contributed by atoms with Gasteiger partial charge in [0.15, 0.2) is 0 Å². The number of rotatable bonds is 5. The van der Waals surface area contributed by atoms with Crippen molar-refractivity contribution in [3.63, 3.8) is 0 Å². The lowest BCUT2D eigenvalue weighted by atomic mass is 10.1. The van der Waals surface area contributed by atoms with E-state index in [1.54, 1.807) is 0 Å². The third kappa shape index (κ3) is 3.85. The Morgan fingerprint density at radius 1 is 1.00 bits per heavy atom. The highest BCUT2D eigenvalue weighted by Gasteiger charge is 2.12. The van der Waals surface area contributed by atoms with Crippen LogP contribution in [0.2, 0.25) is 0 Å². The molecular weight excluding hydrogens is 248 g/mol. The standard InChI is InChI=1S/C17H20N2O/c1-3-14-9-11-16(12-10-14)18-13(2)17(20)19-15-7-5-4-6-8-15/h4-13,18H,3H2,1-2H3,(H,19,20)/t13-/m0/s1. The Hall–Kier alpha value is -2.29. The lowest BCUT2D eigenvalue weighted by molar-refractivity contribution is -0.116. The number of amides is 1. The summed E-state index contributed by atoms with van der Waals surface area (Å²) in [5.41, 5.74) is 3.06. The van der Waals surface area contributed by atoms with Crippen LogP contribution in [0.3, 0.4) is 0 Å². The lowest BCUT2D eigenvalue weighted by Crippen LogP contribution is -2.31. The zero-order valence-corrected chi connectivity index (χ0v) is 11.9. The predicted octanol–water partition coefficient (Wildman–Crippen LogP) is 3.69. The molecule has 0 fully saturated rings. The van der Waals surface area contributed by atoms with Gasteiger partial charge in [-0.05, 0) is 43.2 Å². The molecule has 104 valence electrons. The van der Waals surface area contributed by atoms with E-state index in [0.29, 0.717) is 0 Å².